The Morgan fingerprint density at radius 2 is 1.76 bits per heavy atom. The molecule has 2 fully saturated rings. The van der Waals surface area contributed by atoms with E-state index in [2.05, 4.69) is 52.3 Å². The van der Waals surface area contributed by atoms with E-state index in [1.54, 1.807) is 0 Å². The highest BCUT2D eigenvalue weighted by Crippen LogP contribution is 2.39. The number of ether oxygens (including phenoxy) is 1. The third kappa shape index (κ3) is 3.27. The quantitative estimate of drug-likeness (QED) is 0.802. The average Bonchev–Trinajstić information content (AvgIpc) is 3.29. The molecule has 0 aromatic heterocycles. The summed E-state index contributed by atoms with van der Waals surface area (Å²) < 4.78 is 6.10. The molecule has 1 spiro atoms. The SMILES string of the molecule is CN1CN(c2ccccc2)C2(CCN(CCC3Cc4ccccc4O3)CC2)C1=O. The maximum atomic E-state index is 13.1. The van der Waals surface area contributed by atoms with Gasteiger partial charge in [0.25, 0.3) is 0 Å². The van der Waals surface area contributed by atoms with Crippen LogP contribution >= 0.6 is 0 Å². The van der Waals surface area contributed by atoms with Crippen molar-refractivity contribution in [3.8, 4) is 5.75 Å². The van der Waals surface area contributed by atoms with Gasteiger partial charge >= 0.3 is 0 Å². The first kappa shape index (κ1) is 18.5. The Hall–Kier alpha value is -2.53. The summed E-state index contributed by atoms with van der Waals surface area (Å²) in [5.74, 6) is 1.32. The van der Waals surface area contributed by atoms with Gasteiger partial charge in [0.2, 0.25) is 5.91 Å². The van der Waals surface area contributed by atoms with E-state index in [0.717, 1.165) is 56.8 Å². The number of carbonyl (C=O) groups excluding carboxylic acids is 1. The zero-order chi connectivity index (χ0) is 19.8. The maximum Gasteiger partial charge on any atom is 0.249 e. The molecule has 0 N–H and O–H groups in total. The zero-order valence-electron chi connectivity index (χ0n) is 17.1. The number of fused-ring (bicyclic) bond motifs is 1. The summed E-state index contributed by atoms with van der Waals surface area (Å²) in [6.07, 6.45) is 4.10. The Kier molecular flexibility index (Phi) is 4.70. The van der Waals surface area contributed by atoms with Crippen LogP contribution in [0, 0.1) is 0 Å². The summed E-state index contributed by atoms with van der Waals surface area (Å²) in [5.41, 5.74) is 2.09. The second-order valence-electron chi connectivity index (χ2n) is 8.62. The third-order valence-corrected chi connectivity index (χ3v) is 6.85. The molecule has 0 bridgehead atoms. The van der Waals surface area contributed by atoms with E-state index in [0.29, 0.717) is 6.67 Å². The lowest BCUT2D eigenvalue weighted by atomic mass is 9.85. The van der Waals surface area contributed by atoms with E-state index >= 15 is 0 Å². The molecule has 5 heteroatoms. The second-order valence-corrected chi connectivity index (χ2v) is 8.62. The van der Waals surface area contributed by atoms with E-state index in [-0.39, 0.29) is 17.6 Å². The molecule has 3 aliphatic rings. The topological polar surface area (TPSA) is 36.0 Å². The van der Waals surface area contributed by atoms with Crippen LogP contribution in [0.1, 0.15) is 24.8 Å². The van der Waals surface area contributed by atoms with Crippen molar-refractivity contribution in [2.24, 2.45) is 0 Å². The van der Waals surface area contributed by atoms with Gasteiger partial charge in [-0.15, -0.1) is 0 Å². The molecule has 5 nitrogen and oxygen atoms in total. The number of carbonyl (C=O) groups is 1. The van der Waals surface area contributed by atoms with Crippen LogP contribution in [0.5, 0.6) is 5.75 Å². The van der Waals surface area contributed by atoms with Crippen LogP contribution in [0.25, 0.3) is 0 Å². The molecule has 1 amide bonds. The molecule has 3 aliphatic heterocycles. The molecule has 3 heterocycles. The molecule has 2 saturated heterocycles. The summed E-state index contributed by atoms with van der Waals surface area (Å²) in [4.78, 5) is 19.8. The monoisotopic (exact) mass is 391 g/mol. The lowest BCUT2D eigenvalue weighted by Gasteiger charge is -2.43. The molecule has 0 saturated carbocycles. The largest absolute Gasteiger partial charge is 0.490 e. The van der Waals surface area contributed by atoms with Gasteiger partial charge < -0.3 is 19.4 Å². The van der Waals surface area contributed by atoms with Crippen LogP contribution in [-0.4, -0.2) is 60.7 Å². The number of benzene rings is 2. The standard InChI is InChI=1S/C24H29N3O2/c1-25-18-27(20-8-3-2-4-9-20)24(23(25)28)12-15-26(16-13-24)14-11-21-17-19-7-5-6-10-22(19)29-21/h2-10,21H,11-18H2,1H3. The lowest BCUT2D eigenvalue weighted by molar-refractivity contribution is -0.132. The number of nitrogens with zero attached hydrogens (tertiary/aromatic N) is 3. The normalized spacial score (nSPS) is 23.5. The van der Waals surface area contributed by atoms with Crippen LogP contribution in [0.15, 0.2) is 54.6 Å². The van der Waals surface area contributed by atoms with Crippen LogP contribution in [0.3, 0.4) is 0 Å². The van der Waals surface area contributed by atoms with Crippen LogP contribution < -0.4 is 9.64 Å². The van der Waals surface area contributed by atoms with Gasteiger partial charge in [0.15, 0.2) is 0 Å². The highest BCUT2D eigenvalue weighted by molar-refractivity contribution is 5.93. The van der Waals surface area contributed by atoms with Gasteiger partial charge in [-0.1, -0.05) is 36.4 Å². The van der Waals surface area contributed by atoms with Gasteiger partial charge in [-0.25, -0.2) is 0 Å². The Balaban J connectivity index is 1.21. The van der Waals surface area contributed by atoms with E-state index in [4.69, 9.17) is 4.74 Å². The molecule has 0 aliphatic carbocycles. The second kappa shape index (κ2) is 7.38. The van der Waals surface area contributed by atoms with Crippen LogP contribution in [-0.2, 0) is 11.2 Å². The summed E-state index contributed by atoms with van der Waals surface area (Å²) in [7, 11) is 1.93. The van der Waals surface area contributed by atoms with Gasteiger partial charge in [-0.05, 0) is 43.0 Å². The Morgan fingerprint density at radius 1 is 1.03 bits per heavy atom. The van der Waals surface area contributed by atoms with E-state index < -0.39 is 0 Å². The maximum absolute atomic E-state index is 13.1. The molecule has 5 rings (SSSR count). The molecule has 2 aromatic carbocycles. The molecule has 0 radical (unpaired) electrons. The predicted molar refractivity (Wildman–Crippen MR) is 114 cm³/mol. The fourth-order valence-electron chi connectivity index (χ4n) is 5.19. The molecule has 29 heavy (non-hydrogen) atoms. The number of amides is 1. The predicted octanol–water partition coefficient (Wildman–Crippen LogP) is 3.15. The zero-order valence-corrected chi connectivity index (χ0v) is 17.1. The van der Waals surface area contributed by atoms with Gasteiger partial charge in [-0.3, -0.25) is 4.79 Å². The Labute approximate surface area is 172 Å². The molecule has 1 unspecified atom stereocenters. The van der Waals surface area contributed by atoms with E-state index in [9.17, 15) is 4.79 Å². The molecule has 152 valence electrons. The van der Waals surface area contributed by atoms with Crippen molar-refractivity contribution in [1.29, 1.82) is 0 Å². The third-order valence-electron chi connectivity index (χ3n) is 6.85. The number of piperidine rings is 1. The summed E-state index contributed by atoms with van der Waals surface area (Å²) >= 11 is 0. The smallest absolute Gasteiger partial charge is 0.249 e. The van der Waals surface area contributed by atoms with Crippen molar-refractivity contribution in [2.45, 2.75) is 37.3 Å². The first-order chi connectivity index (χ1) is 14.2. The van der Waals surface area contributed by atoms with Crippen molar-refractivity contribution in [1.82, 2.24) is 9.80 Å². The summed E-state index contributed by atoms with van der Waals surface area (Å²) in [6.45, 7) is 3.63. The van der Waals surface area contributed by atoms with Gasteiger partial charge in [0.1, 0.15) is 17.4 Å². The Morgan fingerprint density at radius 3 is 2.52 bits per heavy atom. The van der Waals surface area contributed by atoms with Crippen molar-refractivity contribution in [2.75, 3.05) is 38.3 Å². The minimum Gasteiger partial charge on any atom is -0.490 e. The number of hydrogen-bond acceptors (Lipinski definition) is 4. The fraction of sp³-hybridized carbons (Fsp3) is 0.458. The Bertz CT molecular complexity index is 852. The van der Waals surface area contributed by atoms with Crippen LogP contribution in [0.4, 0.5) is 5.69 Å². The highest BCUT2D eigenvalue weighted by atomic mass is 16.5. The number of likely N-dealkylation sites (N-methyl/N-ethyl adjacent to an activating group) is 1. The van der Waals surface area contributed by atoms with Gasteiger partial charge in [-0.2, -0.15) is 0 Å². The fourth-order valence-corrected chi connectivity index (χ4v) is 5.19. The number of likely N-dealkylation sites (tertiary alicyclic amines) is 1. The van der Waals surface area contributed by atoms with Crippen molar-refractivity contribution >= 4 is 11.6 Å². The number of anilines is 1. The summed E-state index contributed by atoms with van der Waals surface area (Å²) in [6, 6.07) is 18.7. The van der Waals surface area contributed by atoms with Crippen molar-refractivity contribution < 1.29 is 9.53 Å². The van der Waals surface area contributed by atoms with E-state index in [1.807, 2.05) is 24.1 Å². The highest BCUT2D eigenvalue weighted by Gasteiger charge is 2.52. The van der Waals surface area contributed by atoms with Crippen molar-refractivity contribution in [3.63, 3.8) is 0 Å². The van der Waals surface area contributed by atoms with E-state index in [1.165, 1.54) is 5.56 Å². The number of hydrogen-bond donors (Lipinski definition) is 0. The van der Waals surface area contributed by atoms with Crippen LogP contribution in [0.2, 0.25) is 0 Å². The number of rotatable bonds is 4. The first-order valence-corrected chi connectivity index (χ1v) is 10.7. The average molecular weight is 392 g/mol. The molecular weight excluding hydrogens is 362 g/mol. The summed E-state index contributed by atoms with van der Waals surface area (Å²) in [5, 5.41) is 0. The molecular formula is C24H29N3O2. The minimum atomic E-state index is -0.382. The van der Waals surface area contributed by atoms with Crippen molar-refractivity contribution in [3.05, 3.63) is 60.2 Å². The van der Waals surface area contributed by atoms with Gasteiger partial charge in [0.05, 0.1) is 6.67 Å². The first-order valence-electron chi connectivity index (χ1n) is 10.7. The van der Waals surface area contributed by atoms with Gasteiger partial charge in [0, 0.05) is 38.8 Å². The molecule has 2 aromatic rings. The number of para-hydroxylation sites is 2. The lowest BCUT2D eigenvalue weighted by Crippen LogP contribution is -2.56. The minimum absolute atomic E-state index is 0.274. The molecule has 1 atom stereocenters.